The molecule has 0 atom stereocenters. The zero-order chi connectivity index (χ0) is 11.7. The number of hydrogen-bond donors (Lipinski definition) is 1. The summed E-state index contributed by atoms with van der Waals surface area (Å²) in [6.45, 7) is 4.08. The summed E-state index contributed by atoms with van der Waals surface area (Å²) in [6.07, 6.45) is 0.816. The SMILES string of the molecule is CCc1c(N)noc1-c1cccc(Br)c1C. The quantitative estimate of drug-likeness (QED) is 0.915. The zero-order valence-corrected chi connectivity index (χ0v) is 10.8. The lowest BCUT2D eigenvalue weighted by molar-refractivity contribution is 0.435. The first-order valence-corrected chi connectivity index (χ1v) is 5.94. The largest absolute Gasteiger partial charge is 0.381 e. The maximum atomic E-state index is 5.76. The Morgan fingerprint density at radius 2 is 2.19 bits per heavy atom. The van der Waals surface area contributed by atoms with Crippen LogP contribution >= 0.6 is 15.9 Å². The van der Waals surface area contributed by atoms with E-state index in [0.717, 1.165) is 33.3 Å². The molecule has 0 radical (unpaired) electrons. The molecular weight excluding hydrogens is 268 g/mol. The molecule has 16 heavy (non-hydrogen) atoms. The third-order valence-corrected chi connectivity index (χ3v) is 3.54. The normalized spacial score (nSPS) is 10.7. The Morgan fingerprint density at radius 1 is 1.44 bits per heavy atom. The Balaban J connectivity index is 2.63. The van der Waals surface area contributed by atoms with Gasteiger partial charge in [-0.1, -0.05) is 40.1 Å². The van der Waals surface area contributed by atoms with Crippen molar-refractivity contribution in [1.29, 1.82) is 0 Å². The average Bonchev–Trinajstić information content (AvgIpc) is 2.63. The fourth-order valence-electron chi connectivity index (χ4n) is 1.73. The van der Waals surface area contributed by atoms with Crippen molar-refractivity contribution in [2.45, 2.75) is 20.3 Å². The molecule has 0 unspecified atom stereocenters. The van der Waals surface area contributed by atoms with Gasteiger partial charge in [0.2, 0.25) is 0 Å². The van der Waals surface area contributed by atoms with Crippen molar-refractivity contribution in [3.8, 4) is 11.3 Å². The first kappa shape index (κ1) is 11.2. The Bertz CT molecular complexity index is 520. The molecule has 0 fully saturated rings. The van der Waals surface area contributed by atoms with Crippen LogP contribution in [0.2, 0.25) is 0 Å². The van der Waals surface area contributed by atoms with Crippen LogP contribution in [0.1, 0.15) is 18.1 Å². The maximum Gasteiger partial charge on any atom is 0.172 e. The van der Waals surface area contributed by atoms with Gasteiger partial charge < -0.3 is 10.3 Å². The number of halogens is 1. The lowest BCUT2D eigenvalue weighted by Crippen LogP contribution is -1.92. The molecule has 0 aliphatic heterocycles. The minimum Gasteiger partial charge on any atom is -0.381 e. The van der Waals surface area contributed by atoms with Crippen molar-refractivity contribution in [2.24, 2.45) is 0 Å². The van der Waals surface area contributed by atoms with Gasteiger partial charge in [0.05, 0.1) is 0 Å². The fraction of sp³-hybridized carbons (Fsp3) is 0.250. The van der Waals surface area contributed by atoms with Gasteiger partial charge in [-0.25, -0.2) is 0 Å². The molecule has 0 amide bonds. The van der Waals surface area contributed by atoms with Crippen LogP contribution in [0.3, 0.4) is 0 Å². The van der Waals surface area contributed by atoms with Crippen LogP contribution in [0.5, 0.6) is 0 Å². The number of rotatable bonds is 2. The molecule has 0 aliphatic rings. The van der Waals surface area contributed by atoms with Crippen LogP contribution in [0, 0.1) is 6.92 Å². The third-order valence-electron chi connectivity index (χ3n) is 2.68. The first-order chi connectivity index (χ1) is 7.65. The predicted octanol–water partition coefficient (Wildman–Crippen LogP) is 3.56. The van der Waals surface area contributed by atoms with Gasteiger partial charge in [0.1, 0.15) is 0 Å². The van der Waals surface area contributed by atoms with E-state index in [-0.39, 0.29) is 0 Å². The van der Waals surface area contributed by atoms with Crippen molar-refractivity contribution in [1.82, 2.24) is 5.16 Å². The summed E-state index contributed by atoms with van der Waals surface area (Å²) < 4.78 is 6.37. The van der Waals surface area contributed by atoms with Crippen LogP contribution in [0.4, 0.5) is 5.82 Å². The van der Waals surface area contributed by atoms with Crippen molar-refractivity contribution < 1.29 is 4.52 Å². The molecule has 0 saturated heterocycles. The molecule has 1 aromatic carbocycles. The van der Waals surface area contributed by atoms with Gasteiger partial charge in [-0.05, 0) is 25.0 Å². The molecule has 2 aromatic rings. The summed E-state index contributed by atoms with van der Waals surface area (Å²) in [5.41, 5.74) is 8.90. The lowest BCUT2D eigenvalue weighted by atomic mass is 10.0. The summed E-state index contributed by atoms with van der Waals surface area (Å²) in [7, 11) is 0. The monoisotopic (exact) mass is 280 g/mol. The summed E-state index contributed by atoms with van der Waals surface area (Å²) in [5, 5.41) is 3.82. The second-order valence-electron chi connectivity index (χ2n) is 3.64. The zero-order valence-electron chi connectivity index (χ0n) is 9.25. The number of nitrogens with zero attached hydrogens (tertiary/aromatic N) is 1. The molecule has 2 rings (SSSR count). The standard InChI is InChI=1S/C12H13BrN2O/c1-3-8-11(16-15-12(8)14)9-5-4-6-10(13)7(9)2/h4-6H,3H2,1-2H3,(H2,14,15). The van der Waals surface area contributed by atoms with Gasteiger partial charge in [-0.3, -0.25) is 0 Å². The van der Waals surface area contributed by atoms with E-state index < -0.39 is 0 Å². The molecule has 0 saturated carbocycles. The number of nitrogens with two attached hydrogens (primary N) is 1. The lowest BCUT2D eigenvalue weighted by Gasteiger charge is -2.05. The van der Waals surface area contributed by atoms with Crippen molar-refractivity contribution in [3.05, 3.63) is 33.8 Å². The number of anilines is 1. The highest BCUT2D eigenvalue weighted by Gasteiger charge is 2.16. The molecule has 0 aliphatic carbocycles. The van der Waals surface area contributed by atoms with Gasteiger partial charge in [0.15, 0.2) is 11.6 Å². The maximum absolute atomic E-state index is 5.76. The Kier molecular flexibility index (Phi) is 3.01. The topological polar surface area (TPSA) is 52.0 Å². The highest BCUT2D eigenvalue weighted by atomic mass is 79.9. The second-order valence-corrected chi connectivity index (χ2v) is 4.50. The minimum atomic E-state index is 0.483. The Morgan fingerprint density at radius 3 is 2.88 bits per heavy atom. The van der Waals surface area contributed by atoms with Crippen LogP contribution in [-0.2, 0) is 6.42 Å². The summed E-state index contributed by atoms with van der Waals surface area (Å²) >= 11 is 3.50. The predicted molar refractivity (Wildman–Crippen MR) is 68.2 cm³/mol. The molecule has 84 valence electrons. The molecule has 2 N–H and O–H groups in total. The van der Waals surface area contributed by atoms with E-state index in [1.54, 1.807) is 0 Å². The van der Waals surface area contributed by atoms with Gasteiger partial charge in [-0.2, -0.15) is 0 Å². The van der Waals surface area contributed by atoms with Crippen LogP contribution in [-0.4, -0.2) is 5.16 Å². The minimum absolute atomic E-state index is 0.483. The van der Waals surface area contributed by atoms with Gasteiger partial charge in [0, 0.05) is 15.6 Å². The van der Waals surface area contributed by atoms with Crippen molar-refractivity contribution >= 4 is 21.7 Å². The van der Waals surface area contributed by atoms with Gasteiger partial charge >= 0.3 is 0 Å². The van der Waals surface area contributed by atoms with E-state index >= 15 is 0 Å². The molecule has 0 bridgehead atoms. The molecule has 4 heteroatoms. The van der Waals surface area contributed by atoms with E-state index in [1.807, 2.05) is 32.0 Å². The van der Waals surface area contributed by atoms with Crippen molar-refractivity contribution in [3.63, 3.8) is 0 Å². The highest BCUT2D eigenvalue weighted by Crippen LogP contribution is 2.33. The first-order valence-electron chi connectivity index (χ1n) is 5.14. The Labute approximate surface area is 103 Å². The summed E-state index contributed by atoms with van der Waals surface area (Å²) in [6, 6.07) is 5.99. The molecule has 1 aromatic heterocycles. The van der Waals surface area contributed by atoms with E-state index in [0.29, 0.717) is 5.82 Å². The van der Waals surface area contributed by atoms with Crippen LogP contribution in [0.25, 0.3) is 11.3 Å². The van der Waals surface area contributed by atoms with Crippen LogP contribution in [0.15, 0.2) is 27.2 Å². The Hall–Kier alpha value is -1.29. The number of benzene rings is 1. The fourth-order valence-corrected chi connectivity index (χ4v) is 2.09. The average molecular weight is 281 g/mol. The number of nitrogen functional groups attached to an aromatic ring is 1. The van der Waals surface area contributed by atoms with E-state index in [4.69, 9.17) is 10.3 Å². The molecule has 3 nitrogen and oxygen atoms in total. The van der Waals surface area contributed by atoms with E-state index in [2.05, 4.69) is 21.1 Å². The molecule has 1 heterocycles. The second kappa shape index (κ2) is 4.29. The van der Waals surface area contributed by atoms with Gasteiger partial charge in [0.25, 0.3) is 0 Å². The number of hydrogen-bond acceptors (Lipinski definition) is 3. The smallest absolute Gasteiger partial charge is 0.172 e. The van der Waals surface area contributed by atoms with E-state index in [1.165, 1.54) is 0 Å². The van der Waals surface area contributed by atoms with Gasteiger partial charge in [-0.15, -0.1) is 0 Å². The third kappa shape index (κ3) is 1.73. The summed E-state index contributed by atoms with van der Waals surface area (Å²) in [5.74, 6) is 1.26. The van der Waals surface area contributed by atoms with Crippen LogP contribution < -0.4 is 5.73 Å². The van der Waals surface area contributed by atoms with Crippen molar-refractivity contribution in [2.75, 3.05) is 5.73 Å². The van der Waals surface area contributed by atoms with E-state index in [9.17, 15) is 0 Å². The summed E-state index contributed by atoms with van der Waals surface area (Å²) in [4.78, 5) is 0. The number of aromatic nitrogens is 1. The highest BCUT2D eigenvalue weighted by molar-refractivity contribution is 9.10. The molecular formula is C12H13BrN2O. The molecule has 0 spiro atoms.